The van der Waals surface area contributed by atoms with E-state index in [1.54, 1.807) is 24.3 Å². The molecule has 0 fully saturated rings. The highest BCUT2D eigenvalue weighted by molar-refractivity contribution is 7.89. The van der Waals surface area contributed by atoms with Crippen LogP contribution in [-0.4, -0.2) is 31.8 Å². The molecule has 3 aromatic rings. The monoisotopic (exact) mass is 441 g/mol. The summed E-state index contributed by atoms with van der Waals surface area (Å²) in [6.45, 7) is 0.0224. The number of hydrogen-bond acceptors (Lipinski definition) is 5. The third kappa shape index (κ3) is 5.17. The van der Waals surface area contributed by atoms with Crippen molar-refractivity contribution < 1.29 is 17.5 Å². The van der Waals surface area contributed by atoms with Crippen molar-refractivity contribution in [3.8, 4) is 17.1 Å². The minimum Gasteiger partial charge on any atom is -0.475 e. The van der Waals surface area contributed by atoms with Gasteiger partial charge >= 0.3 is 0 Å². The highest BCUT2D eigenvalue weighted by Crippen LogP contribution is 2.24. The first kappa shape index (κ1) is 20.5. The van der Waals surface area contributed by atoms with E-state index >= 15 is 0 Å². The van der Waals surface area contributed by atoms with Crippen molar-refractivity contribution in [3.63, 3.8) is 0 Å². The molecule has 10 heteroatoms. The Morgan fingerprint density at radius 1 is 1.00 bits per heavy atom. The predicted octanol–water partition coefficient (Wildman–Crippen LogP) is 3.95. The lowest BCUT2D eigenvalue weighted by atomic mass is 10.1. The van der Waals surface area contributed by atoms with Crippen LogP contribution in [0, 0.1) is 5.82 Å². The number of ether oxygens (including phenoxy) is 1. The average Bonchev–Trinajstić information content (AvgIpc) is 2.68. The van der Waals surface area contributed by atoms with Gasteiger partial charge in [-0.2, -0.15) is 0 Å². The highest BCUT2D eigenvalue weighted by Gasteiger charge is 2.18. The maximum atomic E-state index is 13.0. The third-order valence-electron chi connectivity index (χ3n) is 3.61. The second-order valence-electron chi connectivity index (χ2n) is 5.58. The molecule has 146 valence electrons. The number of aromatic nitrogens is 2. The standard InChI is InChI=1S/C18H14Cl2FN3O3S/c19-13-3-6-15(20)17(11-13)28(25,26)22-9-10-27-18-8-7-16(23-24-18)12-1-4-14(21)5-2-12/h1-8,11,22H,9-10H2. The van der Waals surface area contributed by atoms with Gasteiger partial charge in [-0.25, -0.2) is 17.5 Å². The van der Waals surface area contributed by atoms with E-state index in [4.69, 9.17) is 27.9 Å². The molecule has 0 aliphatic heterocycles. The zero-order valence-electron chi connectivity index (χ0n) is 14.3. The number of nitrogens with zero attached hydrogens (tertiary/aromatic N) is 2. The molecule has 0 aliphatic rings. The Labute approximate surface area is 171 Å². The zero-order chi connectivity index (χ0) is 20.1. The van der Waals surface area contributed by atoms with Crippen molar-refractivity contribution in [2.24, 2.45) is 0 Å². The Morgan fingerprint density at radius 2 is 1.75 bits per heavy atom. The van der Waals surface area contributed by atoms with E-state index < -0.39 is 10.0 Å². The molecule has 0 atom stereocenters. The SMILES string of the molecule is O=S(=O)(NCCOc1ccc(-c2ccc(F)cc2)nn1)c1cc(Cl)ccc1Cl. The molecule has 6 nitrogen and oxygen atoms in total. The fraction of sp³-hybridized carbons (Fsp3) is 0.111. The Balaban J connectivity index is 1.55. The second kappa shape index (κ2) is 8.83. The number of rotatable bonds is 7. The van der Waals surface area contributed by atoms with E-state index in [0.717, 1.165) is 0 Å². The Kier molecular flexibility index (Phi) is 6.46. The van der Waals surface area contributed by atoms with Gasteiger partial charge in [-0.3, -0.25) is 0 Å². The number of benzene rings is 2. The van der Waals surface area contributed by atoms with Crippen LogP contribution in [0.5, 0.6) is 5.88 Å². The lowest BCUT2D eigenvalue weighted by Gasteiger charge is -2.09. The third-order valence-corrected chi connectivity index (χ3v) is 5.78. The number of sulfonamides is 1. The van der Waals surface area contributed by atoms with Crippen LogP contribution >= 0.6 is 23.2 Å². The molecular formula is C18H14Cl2FN3O3S. The van der Waals surface area contributed by atoms with Crippen molar-refractivity contribution in [1.82, 2.24) is 14.9 Å². The summed E-state index contributed by atoms with van der Waals surface area (Å²) in [5, 5.41) is 8.25. The molecule has 3 rings (SSSR count). The van der Waals surface area contributed by atoms with Gasteiger partial charge in [-0.05, 0) is 48.5 Å². The second-order valence-corrected chi connectivity index (χ2v) is 8.16. The smallest absolute Gasteiger partial charge is 0.242 e. The molecule has 1 N–H and O–H groups in total. The summed E-state index contributed by atoms with van der Waals surface area (Å²) in [4.78, 5) is -0.106. The van der Waals surface area contributed by atoms with Crippen LogP contribution in [0.1, 0.15) is 0 Å². The molecule has 1 heterocycles. The summed E-state index contributed by atoms with van der Waals surface area (Å²) < 4.78 is 45.3. The number of hydrogen-bond donors (Lipinski definition) is 1. The van der Waals surface area contributed by atoms with Crippen LogP contribution in [0.25, 0.3) is 11.3 Å². The minimum absolute atomic E-state index is 0.00737. The van der Waals surface area contributed by atoms with Gasteiger partial charge in [0.05, 0.1) is 10.7 Å². The van der Waals surface area contributed by atoms with Gasteiger partial charge in [0.2, 0.25) is 15.9 Å². The molecule has 2 aromatic carbocycles. The van der Waals surface area contributed by atoms with Gasteiger partial charge in [-0.15, -0.1) is 10.2 Å². The maximum Gasteiger partial charge on any atom is 0.242 e. The maximum absolute atomic E-state index is 13.0. The van der Waals surface area contributed by atoms with Crippen molar-refractivity contribution in [2.45, 2.75) is 4.90 Å². The van der Waals surface area contributed by atoms with Gasteiger partial charge in [0.15, 0.2) is 0 Å². The van der Waals surface area contributed by atoms with E-state index in [2.05, 4.69) is 14.9 Å². The Hall–Kier alpha value is -2.26. The van der Waals surface area contributed by atoms with Crippen LogP contribution in [0.2, 0.25) is 10.0 Å². The van der Waals surface area contributed by atoms with Crippen molar-refractivity contribution in [3.05, 3.63) is 70.5 Å². The molecule has 0 unspecified atom stereocenters. The number of halogens is 3. The van der Waals surface area contributed by atoms with Crippen molar-refractivity contribution >= 4 is 33.2 Å². The summed E-state index contributed by atoms with van der Waals surface area (Å²) >= 11 is 11.7. The highest BCUT2D eigenvalue weighted by atomic mass is 35.5. The summed E-state index contributed by atoms with van der Waals surface area (Å²) in [5.41, 5.74) is 1.27. The fourth-order valence-corrected chi connectivity index (χ4v) is 4.04. The van der Waals surface area contributed by atoms with Crippen LogP contribution < -0.4 is 9.46 Å². The van der Waals surface area contributed by atoms with Gasteiger partial charge in [-0.1, -0.05) is 23.2 Å². The lowest BCUT2D eigenvalue weighted by molar-refractivity contribution is 0.307. The van der Waals surface area contributed by atoms with Crippen molar-refractivity contribution in [1.29, 1.82) is 0 Å². The quantitative estimate of drug-likeness (QED) is 0.561. The van der Waals surface area contributed by atoms with Gasteiger partial charge in [0.25, 0.3) is 0 Å². The average molecular weight is 442 g/mol. The van der Waals surface area contributed by atoms with E-state index in [1.165, 1.54) is 30.3 Å². The first-order chi connectivity index (χ1) is 13.3. The molecular weight excluding hydrogens is 428 g/mol. The molecule has 0 aliphatic carbocycles. The molecule has 0 saturated heterocycles. The first-order valence-electron chi connectivity index (χ1n) is 8.02. The summed E-state index contributed by atoms with van der Waals surface area (Å²) in [7, 11) is -3.83. The molecule has 28 heavy (non-hydrogen) atoms. The van der Waals surface area contributed by atoms with Gasteiger partial charge in [0, 0.05) is 23.2 Å². The lowest BCUT2D eigenvalue weighted by Crippen LogP contribution is -2.28. The molecule has 1 aromatic heterocycles. The van der Waals surface area contributed by atoms with Gasteiger partial charge < -0.3 is 4.74 Å². The normalized spacial score (nSPS) is 11.4. The Bertz CT molecular complexity index is 1060. The van der Waals surface area contributed by atoms with Crippen LogP contribution in [-0.2, 0) is 10.0 Å². The van der Waals surface area contributed by atoms with Gasteiger partial charge in [0.1, 0.15) is 17.3 Å². The summed E-state index contributed by atoms with van der Waals surface area (Å²) in [6.07, 6.45) is 0. The molecule has 0 spiro atoms. The van der Waals surface area contributed by atoms with Crippen molar-refractivity contribution in [2.75, 3.05) is 13.2 Å². The van der Waals surface area contributed by atoms with Crippen LogP contribution in [0.3, 0.4) is 0 Å². The molecule has 0 amide bonds. The minimum atomic E-state index is -3.83. The zero-order valence-corrected chi connectivity index (χ0v) is 16.6. The van der Waals surface area contributed by atoms with E-state index in [1.807, 2.05) is 0 Å². The molecule has 0 bridgehead atoms. The first-order valence-corrected chi connectivity index (χ1v) is 10.3. The summed E-state index contributed by atoms with van der Waals surface area (Å²) in [6, 6.07) is 13.3. The van der Waals surface area contributed by atoms with Crippen LogP contribution in [0.4, 0.5) is 4.39 Å². The largest absolute Gasteiger partial charge is 0.475 e. The summed E-state index contributed by atoms with van der Waals surface area (Å²) in [5.74, 6) is -0.107. The topological polar surface area (TPSA) is 81.2 Å². The van der Waals surface area contributed by atoms with Crippen LogP contribution in [0.15, 0.2) is 59.5 Å². The van der Waals surface area contributed by atoms with E-state index in [0.29, 0.717) is 11.3 Å². The Morgan fingerprint density at radius 3 is 2.43 bits per heavy atom. The molecule has 0 radical (unpaired) electrons. The van der Waals surface area contributed by atoms with E-state index in [9.17, 15) is 12.8 Å². The fourth-order valence-electron chi connectivity index (χ4n) is 2.26. The predicted molar refractivity (Wildman–Crippen MR) is 105 cm³/mol. The molecule has 0 saturated carbocycles. The number of nitrogens with one attached hydrogen (secondary N) is 1. The van der Waals surface area contributed by atoms with E-state index in [-0.39, 0.29) is 39.8 Å².